The molecule has 8 heavy (non-hydrogen) atoms. The van der Waals surface area contributed by atoms with Crippen LogP contribution in [0, 0.1) is 10.1 Å². The predicted molar refractivity (Wildman–Crippen MR) is 24.2 cm³/mol. The van der Waals surface area contributed by atoms with Crippen LogP contribution >= 0.6 is 0 Å². The average molecular weight is 115 g/mol. The lowest BCUT2D eigenvalue weighted by Crippen LogP contribution is -2.15. The Hall–Kier alpha value is -0.970. The minimum atomic E-state index is -1.20. The molecular weight excluding hydrogens is 112 g/mol. The third-order valence-electron chi connectivity index (χ3n) is 0.679. The first kappa shape index (κ1) is 5.17. The first-order valence-corrected chi connectivity index (χ1v) is 1.98. The molecule has 43 valence electrons. The maximum Gasteiger partial charge on any atom is 0.417 e. The molecule has 5 nitrogen and oxygen atoms in total. The second-order valence-electron chi connectivity index (χ2n) is 1.21. The highest BCUT2D eigenvalue weighted by Gasteiger charge is 2.21. The van der Waals surface area contributed by atoms with Gasteiger partial charge in [0.05, 0.1) is 17.7 Å². The number of nitro groups is 1. The molecule has 0 aromatic carbocycles. The van der Waals surface area contributed by atoms with Crippen LogP contribution in [0.3, 0.4) is 0 Å². The largest absolute Gasteiger partial charge is 0.417 e. The van der Waals surface area contributed by atoms with Gasteiger partial charge >= 0.3 is 6.35 Å². The van der Waals surface area contributed by atoms with Gasteiger partial charge in [-0.3, -0.25) is 14.9 Å². The summed E-state index contributed by atoms with van der Waals surface area (Å²) in [5, 5.41) is 9.75. The molecule has 0 bridgehead atoms. The number of rotatable bonds is 1. The Kier molecular flexibility index (Phi) is 1.21. The van der Waals surface area contributed by atoms with Gasteiger partial charge in [0.2, 0.25) is 0 Å². The van der Waals surface area contributed by atoms with Gasteiger partial charge in [-0.25, -0.2) is 0 Å². The molecule has 1 rings (SSSR count). The molecule has 0 amide bonds. The van der Waals surface area contributed by atoms with Crippen molar-refractivity contribution in [3.05, 3.63) is 10.1 Å². The molecule has 0 N–H and O–H groups in total. The van der Waals surface area contributed by atoms with Crippen molar-refractivity contribution in [3.8, 4) is 0 Å². The van der Waals surface area contributed by atoms with E-state index in [1.54, 1.807) is 0 Å². The summed E-state index contributed by atoms with van der Waals surface area (Å²) in [5.74, 6) is 0. The third kappa shape index (κ3) is 0.812. The van der Waals surface area contributed by atoms with E-state index in [4.69, 9.17) is 0 Å². The van der Waals surface area contributed by atoms with Gasteiger partial charge in [-0.2, -0.15) is 4.99 Å². The van der Waals surface area contributed by atoms with Crippen molar-refractivity contribution in [1.82, 2.24) is 0 Å². The Bertz CT molecular complexity index is 132. The Morgan fingerprint density at radius 3 is 3.00 bits per heavy atom. The summed E-state index contributed by atoms with van der Waals surface area (Å²) in [7, 11) is 0. The summed E-state index contributed by atoms with van der Waals surface area (Å²) in [6.07, 6.45) is 1.12. The molecular formula is C3H3N2O3. The molecule has 0 saturated carbocycles. The van der Waals surface area contributed by atoms with Crippen molar-refractivity contribution >= 4 is 6.21 Å². The van der Waals surface area contributed by atoms with Crippen molar-refractivity contribution in [1.29, 1.82) is 0 Å². The van der Waals surface area contributed by atoms with Gasteiger partial charge in [-0.15, -0.1) is 0 Å². The fourth-order valence-electron chi connectivity index (χ4n) is 0.372. The van der Waals surface area contributed by atoms with E-state index in [-0.39, 0.29) is 6.61 Å². The normalized spacial score (nSPS) is 26.2. The van der Waals surface area contributed by atoms with E-state index >= 15 is 0 Å². The molecule has 0 fully saturated rings. The molecule has 1 aliphatic rings. The van der Waals surface area contributed by atoms with Gasteiger partial charge in [0.25, 0.3) is 0 Å². The van der Waals surface area contributed by atoms with Gasteiger partial charge in [0, 0.05) is 0 Å². The van der Waals surface area contributed by atoms with Crippen LogP contribution in [0.25, 0.3) is 0 Å². The third-order valence-corrected chi connectivity index (χ3v) is 0.679. The summed E-state index contributed by atoms with van der Waals surface area (Å²) in [6.45, 7) is 0.131. The Labute approximate surface area is 45.1 Å². The van der Waals surface area contributed by atoms with Crippen LogP contribution in [0.2, 0.25) is 0 Å². The highest BCUT2D eigenvalue weighted by Crippen LogP contribution is 1.98. The van der Waals surface area contributed by atoms with Gasteiger partial charge < -0.3 is 0 Å². The number of ether oxygens (including phenoxy) is 1. The van der Waals surface area contributed by atoms with Crippen molar-refractivity contribution in [2.45, 2.75) is 6.35 Å². The Balaban J connectivity index is 2.48. The van der Waals surface area contributed by atoms with E-state index in [0.29, 0.717) is 0 Å². The van der Waals surface area contributed by atoms with Crippen LogP contribution in [0.4, 0.5) is 0 Å². The fraction of sp³-hybridized carbons (Fsp3) is 0.667. The van der Waals surface area contributed by atoms with Crippen molar-refractivity contribution in [2.75, 3.05) is 6.61 Å². The van der Waals surface area contributed by atoms with Gasteiger partial charge in [-0.05, 0) is 0 Å². The van der Waals surface area contributed by atoms with E-state index in [1.165, 1.54) is 0 Å². The standard InChI is InChI=1S/C3H3N2O3/c6-5(7)3-4-1-2-8-3/h3H,2H2. The number of hydrogen-bond donors (Lipinski definition) is 0. The van der Waals surface area contributed by atoms with Crippen LogP contribution in [0.15, 0.2) is 4.99 Å². The van der Waals surface area contributed by atoms with E-state index in [0.717, 1.165) is 0 Å². The summed E-state index contributed by atoms with van der Waals surface area (Å²) in [5.41, 5.74) is 0. The topological polar surface area (TPSA) is 64.7 Å². The maximum atomic E-state index is 9.75. The minimum Gasteiger partial charge on any atom is -0.291 e. The van der Waals surface area contributed by atoms with Crippen LogP contribution in [0.5, 0.6) is 0 Å². The zero-order chi connectivity index (χ0) is 5.98. The Morgan fingerprint density at radius 1 is 2.00 bits per heavy atom. The molecule has 1 heterocycles. The van der Waals surface area contributed by atoms with Crippen molar-refractivity contribution < 1.29 is 9.66 Å². The van der Waals surface area contributed by atoms with Gasteiger partial charge in [-0.1, -0.05) is 0 Å². The average Bonchev–Trinajstić information content (AvgIpc) is 2.12. The first-order chi connectivity index (χ1) is 3.80. The predicted octanol–water partition coefficient (Wildman–Crippen LogP) is -0.475. The molecule has 1 radical (unpaired) electrons. The molecule has 5 heteroatoms. The lowest BCUT2D eigenvalue weighted by Gasteiger charge is -1.93. The Morgan fingerprint density at radius 2 is 2.75 bits per heavy atom. The molecule has 0 aromatic rings. The van der Waals surface area contributed by atoms with Crippen LogP contribution in [-0.2, 0) is 4.74 Å². The van der Waals surface area contributed by atoms with Crippen LogP contribution in [-0.4, -0.2) is 24.1 Å². The van der Waals surface area contributed by atoms with Gasteiger partial charge in [0.15, 0.2) is 0 Å². The molecule has 1 unspecified atom stereocenters. The quantitative estimate of drug-likeness (QED) is 0.342. The van der Waals surface area contributed by atoms with E-state index in [1.807, 2.05) is 0 Å². The highest BCUT2D eigenvalue weighted by atomic mass is 16.7. The number of hydrogen-bond acceptors (Lipinski definition) is 4. The summed E-state index contributed by atoms with van der Waals surface area (Å²) < 4.78 is 4.44. The maximum absolute atomic E-state index is 9.75. The lowest BCUT2D eigenvalue weighted by molar-refractivity contribution is -0.569. The molecule has 1 atom stereocenters. The molecule has 0 saturated heterocycles. The second kappa shape index (κ2) is 1.87. The number of aliphatic imine (C=N–C) groups is 1. The van der Waals surface area contributed by atoms with Gasteiger partial charge in [0.1, 0.15) is 0 Å². The van der Waals surface area contributed by atoms with E-state index in [9.17, 15) is 10.1 Å². The van der Waals surface area contributed by atoms with Crippen molar-refractivity contribution in [3.63, 3.8) is 0 Å². The van der Waals surface area contributed by atoms with E-state index in [2.05, 4.69) is 15.9 Å². The summed E-state index contributed by atoms with van der Waals surface area (Å²) in [4.78, 5) is 12.4. The molecule has 0 aromatic heterocycles. The highest BCUT2D eigenvalue weighted by molar-refractivity contribution is 5.59. The summed E-state index contributed by atoms with van der Waals surface area (Å²) in [6, 6.07) is 0. The second-order valence-corrected chi connectivity index (χ2v) is 1.21. The number of nitrogens with zero attached hydrogens (tertiary/aromatic N) is 2. The fourth-order valence-corrected chi connectivity index (χ4v) is 0.372. The SMILES string of the molecule is O=[N+]([O-])C1N=[C]CO1. The molecule has 1 aliphatic heterocycles. The minimum absolute atomic E-state index is 0.131. The van der Waals surface area contributed by atoms with E-state index < -0.39 is 11.3 Å². The van der Waals surface area contributed by atoms with Crippen LogP contribution in [0.1, 0.15) is 0 Å². The molecule has 0 aliphatic carbocycles. The molecule has 0 spiro atoms. The summed E-state index contributed by atoms with van der Waals surface area (Å²) >= 11 is 0. The lowest BCUT2D eigenvalue weighted by atomic mass is 10.8. The smallest absolute Gasteiger partial charge is 0.291 e. The monoisotopic (exact) mass is 115 g/mol. The van der Waals surface area contributed by atoms with Crippen molar-refractivity contribution in [2.24, 2.45) is 4.99 Å². The van der Waals surface area contributed by atoms with Crippen LogP contribution < -0.4 is 0 Å². The zero-order valence-electron chi connectivity index (χ0n) is 3.90. The first-order valence-electron chi connectivity index (χ1n) is 1.98. The zero-order valence-corrected chi connectivity index (χ0v) is 3.90.